The van der Waals surface area contributed by atoms with Crippen molar-refractivity contribution in [3.63, 3.8) is 0 Å². The van der Waals surface area contributed by atoms with Crippen molar-refractivity contribution in [2.24, 2.45) is 0 Å². The maximum absolute atomic E-state index is 10.1. The van der Waals surface area contributed by atoms with Gasteiger partial charge in [-0.25, -0.2) is 4.79 Å². The molecule has 0 aromatic rings. The molecule has 0 rings (SSSR count). The number of rotatable bonds is 5. The molecular formula is C7H15NO3. The molecule has 0 bridgehead atoms. The van der Waals surface area contributed by atoms with Gasteiger partial charge in [-0.2, -0.15) is 0 Å². The van der Waals surface area contributed by atoms with Crippen molar-refractivity contribution < 1.29 is 14.7 Å². The van der Waals surface area contributed by atoms with Gasteiger partial charge in [0.2, 0.25) is 0 Å². The van der Waals surface area contributed by atoms with E-state index in [4.69, 9.17) is 5.11 Å². The summed E-state index contributed by atoms with van der Waals surface area (Å²) in [7, 11) is 0. The van der Waals surface area contributed by atoms with E-state index in [2.05, 4.69) is 4.84 Å². The summed E-state index contributed by atoms with van der Waals surface area (Å²) in [5, 5.41) is 9.73. The van der Waals surface area contributed by atoms with E-state index < -0.39 is 6.16 Å². The highest BCUT2D eigenvalue weighted by atomic mass is 16.8. The SMILES string of the molecule is CCCN(CCC)OC(=O)O. The third-order valence-corrected chi connectivity index (χ3v) is 1.15. The van der Waals surface area contributed by atoms with Crippen LogP contribution >= 0.6 is 0 Å². The van der Waals surface area contributed by atoms with Crippen molar-refractivity contribution in [3.8, 4) is 0 Å². The van der Waals surface area contributed by atoms with Crippen LogP contribution in [-0.4, -0.2) is 29.4 Å². The molecule has 0 unspecified atom stereocenters. The van der Waals surface area contributed by atoms with Gasteiger partial charge in [0.05, 0.1) is 0 Å². The first kappa shape index (κ1) is 10.2. The minimum atomic E-state index is -1.23. The van der Waals surface area contributed by atoms with Gasteiger partial charge < -0.3 is 9.94 Å². The highest BCUT2D eigenvalue weighted by Crippen LogP contribution is 1.95. The lowest BCUT2D eigenvalue weighted by atomic mass is 10.4. The molecule has 0 saturated heterocycles. The first-order valence-corrected chi connectivity index (χ1v) is 3.86. The van der Waals surface area contributed by atoms with Gasteiger partial charge in [-0.1, -0.05) is 13.8 Å². The molecule has 11 heavy (non-hydrogen) atoms. The third kappa shape index (κ3) is 5.66. The van der Waals surface area contributed by atoms with Gasteiger partial charge in [-0.15, -0.1) is 5.06 Å². The second-order valence-electron chi connectivity index (χ2n) is 2.29. The first-order chi connectivity index (χ1) is 5.20. The van der Waals surface area contributed by atoms with Gasteiger partial charge in [0.15, 0.2) is 0 Å². The molecule has 0 saturated carbocycles. The molecule has 0 atom stereocenters. The molecule has 1 N–H and O–H groups in total. The van der Waals surface area contributed by atoms with Crippen LogP contribution < -0.4 is 0 Å². The van der Waals surface area contributed by atoms with E-state index in [0.717, 1.165) is 12.8 Å². The van der Waals surface area contributed by atoms with Crippen LogP contribution in [-0.2, 0) is 4.84 Å². The predicted molar refractivity (Wildman–Crippen MR) is 41.3 cm³/mol. The Balaban J connectivity index is 3.59. The van der Waals surface area contributed by atoms with Gasteiger partial charge in [0.1, 0.15) is 0 Å². The van der Waals surface area contributed by atoms with Gasteiger partial charge in [0, 0.05) is 13.1 Å². The lowest BCUT2D eigenvalue weighted by Gasteiger charge is -2.16. The van der Waals surface area contributed by atoms with Crippen molar-refractivity contribution in [2.75, 3.05) is 13.1 Å². The van der Waals surface area contributed by atoms with E-state index in [1.807, 2.05) is 13.8 Å². The molecule has 0 aromatic carbocycles. The van der Waals surface area contributed by atoms with Gasteiger partial charge in [-0.05, 0) is 12.8 Å². The number of carboxylic acid groups (broad SMARTS) is 1. The number of carbonyl (C=O) groups is 1. The van der Waals surface area contributed by atoms with E-state index in [1.54, 1.807) is 0 Å². The molecule has 0 aliphatic carbocycles. The average molecular weight is 161 g/mol. The van der Waals surface area contributed by atoms with Crippen LogP contribution in [0.5, 0.6) is 0 Å². The summed E-state index contributed by atoms with van der Waals surface area (Å²) in [6, 6.07) is 0. The summed E-state index contributed by atoms with van der Waals surface area (Å²) in [5.41, 5.74) is 0. The summed E-state index contributed by atoms with van der Waals surface area (Å²) in [4.78, 5) is 14.6. The average Bonchev–Trinajstić information content (AvgIpc) is 1.87. The minimum Gasteiger partial charge on any atom is -0.448 e. The van der Waals surface area contributed by atoms with Crippen molar-refractivity contribution in [3.05, 3.63) is 0 Å². The van der Waals surface area contributed by atoms with Crippen LogP contribution in [0.4, 0.5) is 4.79 Å². The molecule has 0 aromatic heterocycles. The molecule has 0 heterocycles. The number of hydroxylamine groups is 2. The maximum atomic E-state index is 10.1. The Morgan fingerprint density at radius 3 is 2.09 bits per heavy atom. The Morgan fingerprint density at radius 1 is 1.36 bits per heavy atom. The minimum absolute atomic E-state index is 0.667. The quantitative estimate of drug-likeness (QED) is 0.624. The first-order valence-electron chi connectivity index (χ1n) is 3.86. The Bertz CT molecular complexity index is 110. The van der Waals surface area contributed by atoms with E-state index in [1.165, 1.54) is 5.06 Å². The van der Waals surface area contributed by atoms with Gasteiger partial charge in [0.25, 0.3) is 0 Å². The molecule has 66 valence electrons. The number of hydrogen-bond acceptors (Lipinski definition) is 3. The normalized spacial score (nSPS) is 10.1. The smallest absolute Gasteiger partial charge is 0.448 e. The highest BCUT2D eigenvalue weighted by molar-refractivity contribution is 5.56. The Hall–Kier alpha value is -0.770. The van der Waals surface area contributed by atoms with Crippen LogP contribution in [0.15, 0.2) is 0 Å². The summed E-state index contributed by atoms with van der Waals surface area (Å²) in [6.45, 7) is 5.29. The van der Waals surface area contributed by atoms with Crippen molar-refractivity contribution in [1.29, 1.82) is 0 Å². The molecule has 0 fully saturated rings. The Morgan fingerprint density at radius 2 is 1.82 bits per heavy atom. The molecule has 0 aliphatic heterocycles. The fourth-order valence-corrected chi connectivity index (χ4v) is 0.812. The zero-order valence-corrected chi connectivity index (χ0v) is 7.04. The zero-order chi connectivity index (χ0) is 8.69. The van der Waals surface area contributed by atoms with Crippen LogP contribution in [0.1, 0.15) is 26.7 Å². The number of hydrogen-bond donors (Lipinski definition) is 1. The van der Waals surface area contributed by atoms with Gasteiger partial charge in [-0.3, -0.25) is 0 Å². The molecule has 0 aliphatic rings. The van der Waals surface area contributed by atoms with Crippen LogP contribution in [0.25, 0.3) is 0 Å². The Labute approximate surface area is 66.7 Å². The fraction of sp³-hybridized carbons (Fsp3) is 0.857. The van der Waals surface area contributed by atoms with E-state index in [-0.39, 0.29) is 0 Å². The van der Waals surface area contributed by atoms with Crippen molar-refractivity contribution >= 4 is 6.16 Å². The van der Waals surface area contributed by atoms with Crippen LogP contribution in [0.3, 0.4) is 0 Å². The van der Waals surface area contributed by atoms with Crippen LogP contribution in [0, 0.1) is 0 Å². The van der Waals surface area contributed by atoms with Crippen LogP contribution in [0.2, 0.25) is 0 Å². The van der Waals surface area contributed by atoms with E-state index in [9.17, 15) is 4.79 Å². The lowest BCUT2D eigenvalue weighted by Crippen LogP contribution is -2.28. The Kier molecular flexibility index (Phi) is 5.56. The van der Waals surface area contributed by atoms with E-state index >= 15 is 0 Å². The van der Waals surface area contributed by atoms with E-state index in [0.29, 0.717) is 13.1 Å². The van der Waals surface area contributed by atoms with Gasteiger partial charge >= 0.3 is 6.16 Å². The third-order valence-electron chi connectivity index (χ3n) is 1.15. The summed E-state index contributed by atoms with van der Waals surface area (Å²) in [6.07, 6.45) is 0.563. The monoisotopic (exact) mass is 161 g/mol. The molecule has 4 heteroatoms. The molecular weight excluding hydrogens is 146 g/mol. The summed E-state index contributed by atoms with van der Waals surface area (Å²) in [5.74, 6) is 0. The largest absolute Gasteiger partial charge is 0.525 e. The fourth-order valence-electron chi connectivity index (χ4n) is 0.812. The summed E-state index contributed by atoms with van der Waals surface area (Å²) >= 11 is 0. The molecule has 0 amide bonds. The topological polar surface area (TPSA) is 49.8 Å². The van der Waals surface area contributed by atoms with Crippen molar-refractivity contribution in [2.45, 2.75) is 26.7 Å². The number of nitrogens with zero attached hydrogens (tertiary/aromatic N) is 1. The molecule has 0 radical (unpaired) electrons. The zero-order valence-electron chi connectivity index (χ0n) is 7.04. The second kappa shape index (κ2) is 5.97. The predicted octanol–water partition coefficient (Wildman–Crippen LogP) is 1.72. The lowest BCUT2D eigenvalue weighted by molar-refractivity contribution is -0.119. The maximum Gasteiger partial charge on any atom is 0.525 e. The highest BCUT2D eigenvalue weighted by Gasteiger charge is 2.06. The molecule has 4 nitrogen and oxygen atoms in total. The molecule has 0 spiro atoms. The second-order valence-corrected chi connectivity index (χ2v) is 2.29. The summed E-state index contributed by atoms with van der Waals surface area (Å²) < 4.78 is 0. The van der Waals surface area contributed by atoms with Crippen molar-refractivity contribution in [1.82, 2.24) is 5.06 Å². The standard InChI is InChI=1S/C7H15NO3/c1-3-5-8(6-4-2)11-7(9)10/h3-6H2,1-2H3,(H,9,10).